The third kappa shape index (κ3) is 3.23. The predicted molar refractivity (Wildman–Crippen MR) is 125 cm³/mol. The van der Waals surface area contributed by atoms with Gasteiger partial charge in [0.15, 0.2) is 0 Å². The van der Waals surface area contributed by atoms with E-state index >= 15 is 0 Å². The van der Waals surface area contributed by atoms with Gasteiger partial charge in [-0.15, -0.1) is 0 Å². The first kappa shape index (κ1) is 17.5. The zero-order chi connectivity index (χ0) is 19.6. The first-order valence-corrected chi connectivity index (χ1v) is 10.0. The maximum atomic E-state index is 2.30. The molecule has 0 heteroatoms. The van der Waals surface area contributed by atoms with Crippen LogP contribution in [-0.4, -0.2) is 0 Å². The Balaban J connectivity index is 1.67. The molecule has 0 bridgehead atoms. The average molecular weight is 370 g/mol. The minimum absolute atomic E-state index is 1.26. The summed E-state index contributed by atoms with van der Waals surface area (Å²) in [6.45, 7) is 2.21. The van der Waals surface area contributed by atoms with Crippen LogP contribution < -0.4 is 0 Å². The Bertz CT molecular complexity index is 1280. The van der Waals surface area contributed by atoms with Crippen molar-refractivity contribution in [2.24, 2.45) is 0 Å². The van der Waals surface area contributed by atoms with Gasteiger partial charge in [-0.1, -0.05) is 115 Å². The van der Waals surface area contributed by atoms with Gasteiger partial charge in [-0.25, -0.2) is 0 Å². The normalized spacial score (nSPS) is 10.9. The van der Waals surface area contributed by atoms with E-state index in [4.69, 9.17) is 0 Å². The molecule has 0 spiro atoms. The van der Waals surface area contributed by atoms with Gasteiger partial charge in [-0.2, -0.15) is 0 Å². The van der Waals surface area contributed by atoms with Gasteiger partial charge >= 0.3 is 0 Å². The van der Waals surface area contributed by atoms with Crippen LogP contribution in [0.3, 0.4) is 0 Å². The molecule has 0 heterocycles. The first-order chi connectivity index (χ1) is 14.3. The highest BCUT2D eigenvalue weighted by Gasteiger charge is 2.11. The molecule has 5 rings (SSSR count). The third-order valence-electron chi connectivity index (χ3n) is 5.63. The number of aryl methyl sites for hydroxylation is 1. The summed E-state index contributed by atoms with van der Waals surface area (Å²) in [5.41, 5.74) is 8.93. The molecule has 0 nitrogen and oxygen atoms in total. The zero-order valence-corrected chi connectivity index (χ0v) is 16.5. The average Bonchev–Trinajstić information content (AvgIpc) is 2.80. The van der Waals surface area contributed by atoms with E-state index in [1.54, 1.807) is 0 Å². The molecule has 0 amide bonds. The standard InChI is InChI=1S/C29H22/c1-21-20-24(22-10-4-2-5-11-22)16-17-25(21)29-19-18-26(23-12-6-3-7-13-23)27-14-8-9-15-28(27)29/h2-20H,1H3. The SMILES string of the molecule is Cc1cc(-c2ccccc2)ccc1-c1ccc(-c2ccccc2)c2ccccc12. The molecule has 138 valence electrons. The highest BCUT2D eigenvalue weighted by molar-refractivity contribution is 6.05. The van der Waals surface area contributed by atoms with Gasteiger partial charge in [0.05, 0.1) is 0 Å². The summed E-state index contributed by atoms with van der Waals surface area (Å²) in [6, 6.07) is 41.3. The summed E-state index contributed by atoms with van der Waals surface area (Å²) in [4.78, 5) is 0. The van der Waals surface area contributed by atoms with Crippen LogP contribution in [-0.2, 0) is 0 Å². The van der Waals surface area contributed by atoms with E-state index in [-0.39, 0.29) is 0 Å². The summed E-state index contributed by atoms with van der Waals surface area (Å²) in [6.07, 6.45) is 0. The van der Waals surface area contributed by atoms with Gasteiger partial charge in [-0.05, 0) is 56.6 Å². The van der Waals surface area contributed by atoms with Crippen molar-refractivity contribution in [2.45, 2.75) is 6.92 Å². The van der Waals surface area contributed by atoms with Gasteiger partial charge in [0.2, 0.25) is 0 Å². The second-order valence-electron chi connectivity index (χ2n) is 7.47. The largest absolute Gasteiger partial charge is 0.0622 e. The topological polar surface area (TPSA) is 0 Å². The highest BCUT2D eigenvalue weighted by Crippen LogP contribution is 2.37. The number of rotatable bonds is 3. The third-order valence-corrected chi connectivity index (χ3v) is 5.63. The van der Waals surface area contributed by atoms with Crippen molar-refractivity contribution in [3.05, 3.63) is 121 Å². The van der Waals surface area contributed by atoms with Crippen LogP contribution in [0.2, 0.25) is 0 Å². The monoisotopic (exact) mass is 370 g/mol. The number of hydrogen-bond donors (Lipinski definition) is 0. The fraction of sp³-hybridized carbons (Fsp3) is 0.0345. The molecule has 0 aliphatic rings. The zero-order valence-electron chi connectivity index (χ0n) is 16.5. The summed E-state index contributed by atoms with van der Waals surface area (Å²) in [7, 11) is 0. The maximum Gasteiger partial charge on any atom is -0.00991 e. The fourth-order valence-electron chi connectivity index (χ4n) is 4.18. The molecular weight excluding hydrogens is 348 g/mol. The number of fused-ring (bicyclic) bond motifs is 1. The van der Waals surface area contributed by atoms with Crippen LogP contribution in [0.15, 0.2) is 115 Å². The van der Waals surface area contributed by atoms with Gasteiger partial charge < -0.3 is 0 Å². The van der Waals surface area contributed by atoms with E-state index in [1.807, 2.05) is 0 Å². The van der Waals surface area contributed by atoms with Crippen LogP contribution in [0, 0.1) is 6.92 Å². The predicted octanol–water partition coefficient (Wildman–Crippen LogP) is 8.15. The Morgan fingerprint density at radius 1 is 0.379 bits per heavy atom. The van der Waals surface area contributed by atoms with E-state index in [2.05, 4.69) is 122 Å². The van der Waals surface area contributed by atoms with Crippen molar-refractivity contribution in [2.75, 3.05) is 0 Å². The second-order valence-corrected chi connectivity index (χ2v) is 7.47. The Morgan fingerprint density at radius 3 is 1.55 bits per heavy atom. The molecule has 29 heavy (non-hydrogen) atoms. The molecule has 0 aliphatic heterocycles. The molecule has 0 aromatic heterocycles. The van der Waals surface area contributed by atoms with Gasteiger partial charge in [-0.3, -0.25) is 0 Å². The smallest absolute Gasteiger partial charge is 0.00991 e. The highest BCUT2D eigenvalue weighted by atomic mass is 14.1. The molecule has 0 atom stereocenters. The fourth-order valence-corrected chi connectivity index (χ4v) is 4.18. The van der Waals surface area contributed by atoms with Crippen LogP contribution in [0.1, 0.15) is 5.56 Å². The number of benzene rings is 5. The van der Waals surface area contributed by atoms with E-state index in [0.717, 1.165) is 0 Å². The van der Waals surface area contributed by atoms with Crippen LogP contribution >= 0.6 is 0 Å². The molecule has 0 aliphatic carbocycles. The molecule has 5 aromatic carbocycles. The lowest BCUT2D eigenvalue weighted by Crippen LogP contribution is -1.89. The summed E-state index contributed by atoms with van der Waals surface area (Å²) < 4.78 is 0. The van der Waals surface area contributed by atoms with Gasteiger partial charge in [0.1, 0.15) is 0 Å². The molecule has 0 unspecified atom stereocenters. The Kier molecular flexibility index (Phi) is 4.46. The van der Waals surface area contributed by atoms with Gasteiger partial charge in [0, 0.05) is 0 Å². The van der Waals surface area contributed by atoms with E-state index in [9.17, 15) is 0 Å². The van der Waals surface area contributed by atoms with Crippen molar-refractivity contribution in [1.82, 2.24) is 0 Å². The summed E-state index contributed by atoms with van der Waals surface area (Å²) in [5, 5.41) is 2.59. The maximum absolute atomic E-state index is 2.30. The van der Waals surface area contributed by atoms with Crippen molar-refractivity contribution in [3.63, 3.8) is 0 Å². The van der Waals surface area contributed by atoms with E-state index in [1.165, 1.54) is 49.7 Å². The van der Waals surface area contributed by atoms with Crippen LogP contribution in [0.5, 0.6) is 0 Å². The Morgan fingerprint density at radius 2 is 0.897 bits per heavy atom. The number of hydrogen-bond acceptors (Lipinski definition) is 0. The van der Waals surface area contributed by atoms with Crippen molar-refractivity contribution in [3.8, 4) is 33.4 Å². The molecule has 5 aromatic rings. The summed E-state index contributed by atoms with van der Waals surface area (Å²) in [5.74, 6) is 0. The first-order valence-electron chi connectivity index (χ1n) is 10.0. The lowest BCUT2D eigenvalue weighted by Gasteiger charge is -2.15. The summed E-state index contributed by atoms with van der Waals surface area (Å²) >= 11 is 0. The van der Waals surface area contributed by atoms with Crippen molar-refractivity contribution < 1.29 is 0 Å². The van der Waals surface area contributed by atoms with Crippen LogP contribution in [0.4, 0.5) is 0 Å². The molecule has 0 fully saturated rings. The van der Waals surface area contributed by atoms with Crippen LogP contribution in [0.25, 0.3) is 44.2 Å². The van der Waals surface area contributed by atoms with E-state index in [0.29, 0.717) is 0 Å². The van der Waals surface area contributed by atoms with Crippen molar-refractivity contribution >= 4 is 10.8 Å². The lowest BCUT2D eigenvalue weighted by atomic mass is 9.89. The molecule has 0 N–H and O–H groups in total. The minimum Gasteiger partial charge on any atom is -0.0622 e. The quantitative estimate of drug-likeness (QED) is 0.300. The lowest BCUT2D eigenvalue weighted by molar-refractivity contribution is 1.46. The Labute approximate surface area is 172 Å². The molecule has 0 saturated carbocycles. The van der Waals surface area contributed by atoms with Gasteiger partial charge in [0.25, 0.3) is 0 Å². The van der Waals surface area contributed by atoms with Crippen molar-refractivity contribution in [1.29, 1.82) is 0 Å². The molecular formula is C29H22. The minimum atomic E-state index is 1.26. The Hall–Kier alpha value is -3.64. The second kappa shape index (κ2) is 7.41. The molecule has 0 radical (unpaired) electrons. The van der Waals surface area contributed by atoms with E-state index < -0.39 is 0 Å². The molecule has 0 saturated heterocycles.